The van der Waals surface area contributed by atoms with Gasteiger partial charge in [-0.05, 0) is 30.3 Å². The Bertz CT molecular complexity index is 1060. The van der Waals surface area contributed by atoms with Crippen molar-refractivity contribution in [2.75, 3.05) is 32.0 Å². The van der Waals surface area contributed by atoms with E-state index in [9.17, 15) is 18.0 Å². The molecule has 3 rings (SSSR count). The molecular formula is C20H18F3N3O4S. The number of thiazole rings is 1. The highest BCUT2D eigenvalue weighted by Crippen LogP contribution is 2.41. The number of benzene rings is 2. The van der Waals surface area contributed by atoms with Gasteiger partial charge < -0.3 is 19.5 Å². The van der Waals surface area contributed by atoms with Crippen LogP contribution in [0.5, 0.6) is 17.2 Å². The maximum absolute atomic E-state index is 12.8. The van der Waals surface area contributed by atoms with Crippen molar-refractivity contribution in [2.45, 2.75) is 6.18 Å². The van der Waals surface area contributed by atoms with Gasteiger partial charge in [0.2, 0.25) is 5.75 Å². The Hall–Kier alpha value is -3.47. The van der Waals surface area contributed by atoms with E-state index in [4.69, 9.17) is 14.2 Å². The molecule has 0 unspecified atom stereocenters. The average Bonchev–Trinajstić information content (AvgIpc) is 3.20. The molecule has 7 nitrogen and oxygen atoms in total. The first-order valence-corrected chi connectivity index (χ1v) is 9.64. The summed E-state index contributed by atoms with van der Waals surface area (Å²) in [6.07, 6.45) is -4.50. The summed E-state index contributed by atoms with van der Waals surface area (Å²) in [5, 5.41) is 6.84. The topological polar surface area (TPSA) is 81.7 Å². The zero-order valence-electron chi connectivity index (χ0n) is 16.7. The maximum atomic E-state index is 12.8. The molecule has 1 aromatic heterocycles. The maximum Gasteiger partial charge on any atom is 0.416 e. The Morgan fingerprint density at radius 2 is 1.68 bits per heavy atom. The molecule has 0 spiro atoms. The van der Waals surface area contributed by atoms with Crippen LogP contribution in [-0.2, 0) is 6.18 Å². The number of nitrogens with zero attached hydrogens (tertiary/aromatic N) is 1. The highest BCUT2D eigenvalue weighted by molar-refractivity contribution is 7.14. The number of halogens is 3. The molecule has 164 valence electrons. The number of amides is 2. The minimum Gasteiger partial charge on any atom is -0.493 e. The van der Waals surface area contributed by atoms with Crippen LogP contribution in [0.15, 0.2) is 41.8 Å². The van der Waals surface area contributed by atoms with Gasteiger partial charge in [0, 0.05) is 16.6 Å². The van der Waals surface area contributed by atoms with Gasteiger partial charge in [-0.25, -0.2) is 9.78 Å². The molecule has 0 aliphatic carbocycles. The molecule has 2 aromatic carbocycles. The smallest absolute Gasteiger partial charge is 0.416 e. The molecule has 0 aliphatic heterocycles. The van der Waals surface area contributed by atoms with Crippen LogP contribution < -0.4 is 24.8 Å². The monoisotopic (exact) mass is 453 g/mol. The van der Waals surface area contributed by atoms with Gasteiger partial charge in [0.05, 0.1) is 32.6 Å². The molecule has 3 aromatic rings. The van der Waals surface area contributed by atoms with Crippen LogP contribution in [0.1, 0.15) is 5.56 Å². The third kappa shape index (κ3) is 5.18. The lowest BCUT2D eigenvalue weighted by atomic mass is 10.1. The third-order valence-electron chi connectivity index (χ3n) is 4.13. The largest absolute Gasteiger partial charge is 0.493 e. The number of nitrogens with one attached hydrogen (secondary N) is 2. The van der Waals surface area contributed by atoms with Crippen molar-refractivity contribution in [3.63, 3.8) is 0 Å². The molecule has 0 atom stereocenters. The third-order valence-corrected chi connectivity index (χ3v) is 4.89. The van der Waals surface area contributed by atoms with Crippen molar-refractivity contribution in [2.24, 2.45) is 0 Å². The summed E-state index contributed by atoms with van der Waals surface area (Å²) in [4.78, 5) is 16.5. The number of aromatic nitrogens is 1. The number of urea groups is 1. The zero-order chi connectivity index (χ0) is 22.6. The summed E-state index contributed by atoms with van der Waals surface area (Å²) in [7, 11) is 4.48. The summed E-state index contributed by atoms with van der Waals surface area (Å²) in [6.45, 7) is 0. The Morgan fingerprint density at radius 3 is 2.26 bits per heavy atom. The van der Waals surface area contributed by atoms with E-state index < -0.39 is 17.8 Å². The van der Waals surface area contributed by atoms with Crippen molar-refractivity contribution in [1.29, 1.82) is 0 Å². The summed E-state index contributed by atoms with van der Waals surface area (Å²) in [5.74, 6) is 1.33. The van der Waals surface area contributed by atoms with Crippen LogP contribution in [0.25, 0.3) is 11.3 Å². The molecule has 0 bridgehead atoms. The first-order valence-electron chi connectivity index (χ1n) is 8.76. The average molecular weight is 453 g/mol. The van der Waals surface area contributed by atoms with Gasteiger partial charge in [-0.2, -0.15) is 13.2 Å². The molecule has 1 heterocycles. The van der Waals surface area contributed by atoms with E-state index in [-0.39, 0.29) is 10.8 Å². The van der Waals surface area contributed by atoms with Gasteiger partial charge in [-0.15, -0.1) is 11.3 Å². The summed E-state index contributed by atoms with van der Waals surface area (Å²) >= 11 is 1.15. The van der Waals surface area contributed by atoms with E-state index >= 15 is 0 Å². The number of anilines is 2. The molecule has 2 N–H and O–H groups in total. The lowest BCUT2D eigenvalue weighted by Crippen LogP contribution is -2.19. The number of rotatable bonds is 6. The van der Waals surface area contributed by atoms with Crippen molar-refractivity contribution >= 4 is 28.2 Å². The van der Waals surface area contributed by atoms with E-state index in [0.29, 0.717) is 28.5 Å². The Balaban J connectivity index is 1.75. The fourth-order valence-electron chi connectivity index (χ4n) is 2.73. The first kappa shape index (κ1) is 22.2. The predicted octanol–water partition coefficient (Wildman–Crippen LogP) is 5.50. The van der Waals surface area contributed by atoms with Crippen molar-refractivity contribution < 1.29 is 32.2 Å². The Kier molecular flexibility index (Phi) is 6.54. The second-order valence-electron chi connectivity index (χ2n) is 6.11. The predicted molar refractivity (Wildman–Crippen MR) is 111 cm³/mol. The number of hydrogen-bond acceptors (Lipinski definition) is 6. The van der Waals surface area contributed by atoms with Crippen molar-refractivity contribution in [1.82, 2.24) is 4.98 Å². The first-order chi connectivity index (χ1) is 14.7. The van der Waals surface area contributed by atoms with E-state index in [0.717, 1.165) is 23.5 Å². The van der Waals surface area contributed by atoms with E-state index in [2.05, 4.69) is 15.6 Å². The van der Waals surface area contributed by atoms with Gasteiger partial charge in [0.25, 0.3) is 0 Å². The fraction of sp³-hybridized carbons (Fsp3) is 0.200. The number of hydrogen-bond donors (Lipinski definition) is 2. The summed E-state index contributed by atoms with van der Waals surface area (Å²) in [5.41, 5.74) is 0.355. The second kappa shape index (κ2) is 9.13. The molecule has 0 saturated carbocycles. The highest BCUT2D eigenvalue weighted by Gasteiger charge is 2.30. The van der Waals surface area contributed by atoms with Gasteiger partial charge >= 0.3 is 12.2 Å². The molecule has 0 aliphatic rings. The molecule has 2 amide bonds. The van der Waals surface area contributed by atoms with Crippen molar-refractivity contribution in [3.8, 4) is 28.5 Å². The number of ether oxygens (including phenoxy) is 3. The van der Waals surface area contributed by atoms with Gasteiger partial charge in [-0.3, -0.25) is 5.32 Å². The normalized spacial score (nSPS) is 11.0. The molecule has 0 saturated heterocycles. The lowest BCUT2D eigenvalue weighted by molar-refractivity contribution is -0.137. The molecule has 0 radical (unpaired) electrons. The van der Waals surface area contributed by atoms with E-state index in [1.54, 1.807) is 17.5 Å². The molecule has 11 heteroatoms. The lowest BCUT2D eigenvalue weighted by Gasteiger charge is -2.13. The molecule has 0 fully saturated rings. The van der Waals surface area contributed by atoms with Crippen LogP contribution in [0.4, 0.5) is 28.8 Å². The van der Waals surface area contributed by atoms with Crippen LogP contribution in [0, 0.1) is 0 Å². The van der Waals surface area contributed by atoms with Crippen LogP contribution >= 0.6 is 11.3 Å². The minimum absolute atomic E-state index is 0.00808. The fourth-order valence-corrected chi connectivity index (χ4v) is 3.44. The summed E-state index contributed by atoms with van der Waals surface area (Å²) in [6, 6.07) is 7.05. The number of carbonyl (C=O) groups is 1. The standard InChI is InChI=1S/C20H18F3N3O4S/c1-28-15-7-11(8-16(29-2)17(15)30-3)14-10-31-19(25-14)26-18(27)24-13-6-4-5-12(9-13)20(21,22)23/h4-10H,1-3H3,(H2,24,25,26,27). The van der Waals surface area contributed by atoms with Gasteiger partial charge in [0.15, 0.2) is 16.6 Å². The summed E-state index contributed by atoms with van der Waals surface area (Å²) < 4.78 is 54.4. The number of carbonyl (C=O) groups excluding carboxylic acids is 1. The Labute approximate surface area is 179 Å². The number of alkyl halides is 3. The zero-order valence-corrected chi connectivity index (χ0v) is 17.5. The van der Waals surface area contributed by atoms with Gasteiger partial charge in [0.1, 0.15) is 0 Å². The van der Waals surface area contributed by atoms with Crippen molar-refractivity contribution in [3.05, 3.63) is 47.3 Å². The quantitative estimate of drug-likeness (QED) is 0.515. The van der Waals surface area contributed by atoms with Crippen LogP contribution in [0.2, 0.25) is 0 Å². The second-order valence-corrected chi connectivity index (χ2v) is 6.97. The van der Waals surface area contributed by atoms with Crippen LogP contribution in [0.3, 0.4) is 0 Å². The highest BCUT2D eigenvalue weighted by atomic mass is 32.1. The number of methoxy groups -OCH3 is 3. The molecule has 31 heavy (non-hydrogen) atoms. The molecular weight excluding hydrogens is 435 g/mol. The van der Waals surface area contributed by atoms with Gasteiger partial charge in [-0.1, -0.05) is 6.07 Å². The van der Waals surface area contributed by atoms with E-state index in [1.807, 2.05) is 0 Å². The van der Waals surface area contributed by atoms with E-state index in [1.165, 1.54) is 33.5 Å². The van der Waals surface area contributed by atoms with Crippen LogP contribution in [-0.4, -0.2) is 32.3 Å². The SMILES string of the molecule is COc1cc(-c2csc(NC(=O)Nc3cccc(C(F)(F)F)c3)n2)cc(OC)c1OC. The Morgan fingerprint density at radius 1 is 1.00 bits per heavy atom. The minimum atomic E-state index is -4.50.